The van der Waals surface area contributed by atoms with Gasteiger partial charge in [0.25, 0.3) is 0 Å². The van der Waals surface area contributed by atoms with Crippen LogP contribution in [0.2, 0.25) is 0 Å². The molecule has 0 radical (unpaired) electrons. The highest BCUT2D eigenvalue weighted by Gasteiger charge is 2.09. The van der Waals surface area contributed by atoms with Gasteiger partial charge in [-0.1, -0.05) is 12.1 Å². The molecular weight excluding hydrogens is 324 g/mol. The topological polar surface area (TPSA) is 78.1 Å². The number of amides is 2. The van der Waals surface area contributed by atoms with E-state index in [1.165, 1.54) is 7.11 Å². The van der Waals surface area contributed by atoms with E-state index >= 15 is 0 Å². The van der Waals surface area contributed by atoms with E-state index in [-0.39, 0.29) is 6.03 Å². The minimum Gasteiger partial charge on any atom is -0.497 e. The van der Waals surface area contributed by atoms with E-state index in [0.717, 1.165) is 0 Å². The molecule has 2 N–H and O–H groups in total. The molecule has 7 heteroatoms. The molecule has 2 aromatic carbocycles. The molecule has 0 bridgehead atoms. The smallest absolute Gasteiger partial charge is 0.319 e. The second-order valence-corrected chi connectivity index (χ2v) is 4.95. The van der Waals surface area contributed by atoms with Crippen LogP contribution in [0.3, 0.4) is 0 Å². The van der Waals surface area contributed by atoms with E-state index in [1.807, 2.05) is 18.2 Å². The van der Waals surface area contributed by atoms with Gasteiger partial charge in [0.2, 0.25) is 0 Å². The normalized spacial score (nSPS) is 9.88. The van der Waals surface area contributed by atoms with Gasteiger partial charge in [-0.3, -0.25) is 0 Å². The summed E-state index contributed by atoms with van der Waals surface area (Å²) < 4.78 is 21.2. The standard InChI is InChI=1S/C18H22N2O5/c1-22-13-8-9-15(23-2)14(12-13)20-18(21)19-10-11-25-17-7-5-4-6-16(17)24-3/h4-9,12H,10-11H2,1-3H3,(H2,19,20,21). The monoisotopic (exact) mass is 346 g/mol. The minimum absolute atomic E-state index is 0.309. The summed E-state index contributed by atoms with van der Waals surface area (Å²) in [5, 5.41) is 5.44. The number of carbonyl (C=O) groups excluding carboxylic acids is 1. The van der Waals surface area contributed by atoms with Crippen LogP contribution in [-0.2, 0) is 0 Å². The Labute approximate surface area is 146 Å². The Morgan fingerprint density at radius 3 is 2.32 bits per heavy atom. The lowest BCUT2D eigenvalue weighted by Crippen LogP contribution is -2.32. The van der Waals surface area contributed by atoms with E-state index < -0.39 is 0 Å². The molecule has 0 saturated heterocycles. The highest BCUT2D eigenvalue weighted by Crippen LogP contribution is 2.28. The number of anilines is 1. The van der Waals surface area contributed by atoms with E-state index in [0.29, 0.717) is 41.8 Å². The number of nitrogens with one attached hydrogen (secondary N) is 2. The lowest BCUT2D eigenvalue weighted by Gasteiger charge is -2.13. The third kappa shape index (κ3) is 5.20. The summed E-state index contributed by atoms with van der Waals surface area (Å²) in [6.45, 7) is 0.638. The molecule has 0 saturated carbocycles. The van der Waals surface area contributed by atoms with Crippen LogP contribution in [0.5, 0.6) is 23.0 Å². The predicted molar refractivity (Wildman–Crippen MR) is 95.1 cm³/mol. The highest BCUT2D eigenvalue weighted by molar-refractivity contribution is 5.91. The summed E-state index contributed by atoms with van der Waals surface area (Å²) in [7, 11) is 4.67. The van der Waals surface area contributed by atoms with Crippen LogP contribution in [0, 0.1) is 0 Å². The summed E-state index contributed by atoms with van der Waals surface area (Å²) in [6.07, 6.45) is 0. The first-order chi connectivity index (χ1) is 12.2. The molecule has 0 aromatic heterocycles. The van der Waals surface area contributed by atoms with Gasteiger partial charge in [-0.05, 0) is 24.3 Å². The molecule has 0 spiro atoms. The first kappa shape index (κ1) is 18.3. The fourth-order valence-electron chi connectivity index (χ4n) is 2.14. The maximum Gasteiger partial charge on any atom is 0.319 e. The van der Waals surface area contributed by atoms with Crippen LogP contribution in [-0.4, -0.2) is 40.5 Å². The van der Waals surface area contributed by atoms with Crippen molar-refractivity contribution in [2.75, 3.05) is 39.8 Å². The summed E-state index contributed by atoms with van der Waals surface area (Å²) in [5.41, 5.74) is 0.519. The Morgan fingerprint density at radius 1 is 0.920 bits per heavy atom. The predicted octanol–water partition coefficient (Wildman–Crippen LogP) is 2.91. The molecule has 0 aliphatic heterocycles. The highest BCUT2D eigenvalue weighted by atomic mass is 16.5. The van der Waals surface area contributed by atoms with Gasteiger partial charge in [0.15, 0.2) is 11.5 Å². The van der Waals surface area contributed by atoms with E-state index in [2.05, 4.69) is 10.6 Å². The van der Waals surface area contributed by atoms with Crippen molar-refractivity contribution < 1.29 is 23.7 Å². The van der Waals surface area contributed by atoms with Crippen molar-refractivity contribution in [2.45, 2.75) is 0 Å². The number of rotatable bonds is 8. The largest absolute Gasteiger partial charge is 0.497 e. The lowest BCUT2D eigenvalue weighted by molar-refractivity contribution is 0.246. The van der Waals surface area contributed by atoms with Crippen LogP contribution in [0.15, 0.2) is 42.5 Å². The van der Waals surface area contributed by atoms with Gasteiger partial charge in [0.1, 0.15) is 18.1 Å². The maximum atomic E-state index is 12.0. The number of para-hydroxylation sites is 2. The van der Waals surface area contributed by atoms with Crippen molar-refractivity contribution >= 4 is 11.7 Å². The molecule has 2 amide bonds. The number of carbonyl (C=O) groups is 1. The number of benzene rings is 2. The van der Waals surface area contributed by atoms with Crippen LogP contribution < -0.4 is 29.6 Å². The second kappa shape index (κ2) is 9.27. The average Bonchev–Trinajstić information content (AvgIpc) is 2.65. The number of urea groups is 1. The van der Waals surface area contributed by atoms with Gasteiger partial charge in [-0.25, -0.2) is 4.79 Å². The third-order valence-corrected chi connectivity index (χ3v) is 3.37. The van der Waals surface area contributed by atoms with Gasteiger partial charge < -0.3 is 29.6 Å². The second-order valence-electron chi connectivity index (χ2n) is 4.95. The molecule has 2 rings (SSSR count). The zero-order valence-corrected chi connectivity index (χ0v) is 14.5. The molecule has 0 heterocycles. The van der Waals surface area contributed by atoms with E-state index in [4.69, 9.17) is 18.9 Å². The summed E-state index contributed by atoms with van der Waals surface area (Å²) in [6, 6.07) is 12.1. The molecule has 7 nitrogen and oxygen atoms in total. The molecule has 2 aromatic rings. The van der Waals surface area contributed by atoms with Gasteiger partial charge in [-0.15, -0.1) is 0 Å². The molecular formula is C18H22N2O5. The fourth-order valence-corrected chi connectivity index (χ4v) is 2.14. The number of ether oxygens (including phenoxy) is 4. The number of hydrogen-bond acceptors (Lipinski definition) is 5. The third-order valence-electron chi connectivity index (χ3n) is 3.37. The summed E-state index contributed by atoms with van der Waals surface area (Å²) >= 11 is 0. The Kier molecular flexibility index (Phi) is 6.76. The summed E-state index contributed by atoms with van der Waals surface area (Å²) in [4.78, 5) is 12.0. The molecule has 0 aliphatic rings. The van der Waals surface area contributed by atoms with Crippen molar-refractivity contribution in [3.63, 3.8) is 0 Å². The van der Waals surface area contributed by atoms with Crippen LogP contribution >= 0.6 is 0 Å². The van der Waals surface area contributed by atoms with Crippen molar-refractivity contribution in [3.8, 4) is 23.0 Å². The Morgan fingerprint density at radius 2 is 1.64 bits per heavy atom. The zero-order valence-electron chi connectivity index (χ0n) is 14.5. The maximum absolute atomic E-state index is 12.0. The number of methoxy groups -OCH3 is 3. The Hall–Kier alpha value is -3.09. The van der Waals surface area contributed by atoms with Crippen molar-refractivity contribution in [3.05, 3.63) is 42.5 Å². The van der Waals surface area contributed by atoms with Gasteiger partial charge in [0, 0.05) is 6.07 Å². The Bertz CT molecular complexity index is 706. The summed E-state index contributed by atoms with van der Waals surface area (Å²) in [5.74, 6) is 2.44. The van der Waals surface area contributed by atoms with Crippen LogP contribution in [0.25, 0.3) is 0 Å². The van der Waals surface area contributed by atoms with E-state index in [1.54, 1.807) is 38.5 Å². The van der Waals surface area contributed by atoms with Crippen molar-refractivity contribution in [1.82, 2.24) is 5.32 Å². The van der Waals surface area contributed by atoms with Gasteiger partial charge in [-0.2, -0.15) is 0 Å². The lowest BCUT2D eigenvalue weighted by atomic mass is 10.2. The molecule has 0 unspecified atom stereocenters. The zero-order chi connectivity index (χ0) is 18.1. The van der Waals surface area contributed by atoms with Crippen molar-refractivity contribution in [2.24, 2.45) is 0 Å². The van der Waals surface area contributed by atoms with Gasteiger partial charge >= 0.3 is 6.03 Å². The first-order valence-electron chi connectivity index (χ1n) is 7.70. The van der Waals surface area contributed by atoms with Crippen LogP contribution in [0.4, 0.5) is 10.5 Å². The number of hydrogen-bond donors (Lipinski definition) is 2. The van der Waals surface area contributed by atoms with Gasteiger partial charge in [0.05, 0.1) is 33.6 Å². The van der Waals surface area contributed by atoms with E-state index in [9.17, 15) is 4.79 Å². The fraction of sp³-hybridized carbons (Fsp3) is 0.278. The molecule has 25 heavy (non-hydrogen) atoms. The Balaban J connectivity index is 1.83. The minimum atomic E-state index is -0.366. The van der Waals surface area contributed by atoms with Crippen molar-refractivity contribution in [1.29, 1.82) is 0 Å². The first-order valence-corrected chi connectivity index (χ1v) is 7.70. The quantitative estimate of drug-likeness (QED) is 0.719. The molecule has 0 aliphatic carbocycles. The molecule has 0 fully saturated rings. The average molecular weight is 346 g/mol. The molecule has 134 valence electrons. The van der Waals surface area contributed by atoms with Crippen LogP contribution in [0.1, 0.15) is 0 Å². The molecule has 0 atom stereocenters. The SMILES string of the molecule is COc1ccc(OC)c(NC(=O)NCCOc2ccccc2OC)c1.